The van der Waals surface area contributed by atoms with Gasteiger partial charge in [0.25, 0.3) is 0 Å². The lowest BCUT2D eigenvalue weighted by Gasteiger charge is -2.15. The molecule has 1 aliphatic rings. The average molecular weight is 521 g/mol. The monoisotopic (exact) mass is 520 g/mol. The number of hydrogen-bond donors (Lipinski definition) is 2. The molecule has 5 heterocycles. The Labute approximate surface area is 228 Å². The number of nitrogens with one attached hydrogen (secondary N) is 2. The molecule has 0 unspecified atom stereocenters. The molecular weight excluding hydrogens is 488 g/mol. The first kappa shape index (κ1) is 25.7. The second-order valence-electron chi connectivity index (χ2n) is 9.51. The number of hydrogen-bond acceptors (Lipinski definition) is 6. The molecule has 1 saturated heterocycles. The quantitative estimate of drug-likeness (QED) is 0.239. The summed E-state index contributed by atoms with van der Waals surface area (Å²) in [6, 6.07) is 15.3. The van der Waals surface area contributed by atoms with Crippen molar-refractivity contribution in [2.75, 3.05) is 25.5 Å². The lowest BCUT2D eigenvalue weighted by molar-refractivity contribution is 0.331. The van der Waals surface area contributed by atoms with Crippen molar-refractivity contribution in [3.05, 3.63) is 82.9 Å². The van der Waals surface area contributed by atoms with Crippen LogP contribution in [0.15, 0.2) is 61.1 Å². The van der Waals surface area contributed by atoms with Gasteiger partial charge in [0.15, 0.2) is 5.65 Å². The second kappa shape index (κ2) is 11.6. The number of rotatable bonds is 7. The number of nitrogens with zero attached hydrogens (tertiary/aromatic N) is 4. The minimum Gasteiger partial charge on any atom is -0.388 e. The molecule has 7 heteroatoms. The molecule has 1 aliphatic heterocycles. The first-order chi connectivity index (χ1) is 18.7. The van der Waals surface area contributed by atoms with E-state index in [-0.39, 0.29) is 0 Å². The zero-order valence-electron chi connectivity index (χ0n) is 21.9. The number of fused-ring (bicyclic) bond motifs is 1. The van der Waals surface area contributed by atoms with Crippen molar-refractivity contribution in [2.45, 2.75) is 32.7 Å². The molecule has 0 amide bonds. The van der Waals surface area contributed by atoms with Crippen molar-refractivity contribution in [3.63, 3.8) is 0 Å². The first-order valence-electron chi connectivity index (χ1n) is 12.9. The zero-order valence-corrected chi connectivity index (χ0v) is 22.7. The van der Waals surface area contributed by atoms with Crippen LogP contribution in [-0.4, -0.2) is 45.0 Å². The molecule has 38 heavy (non-hydrogen) atoms. The molecule has 6 rings (SSSR count). The van der Waals surface area contributed by atoms with Crippen LogP contribution in [-0.2, 0) is 13.0 Å². The number of aryl methyl sites for hydroxylation is 1. The second-order valence-corrected chi connectivity index (χ2v) is 10.8. The van der Waals surface area contributed by atoms with Crippen LogP contribution in [0.3, 0.4) is 0 Å². The van der Waals surface area contributed by atoms with Gasteiger partial charge in [-0.15, -0.1) is 24.2 Å². The van der Waals surface area contributed by atoms with Crippen LogP contribution in [0.1, 0.15) is 34.7 Å². The van der Waals surface area contributed by atoms with Gasteiger partial charge in [0.2, 0.25) is 0 Å². The molecule has 0 aliphatic carbocycles. The van der Waals surface area contributed by atoms with Crippen LogP contribution in [0.4, 0.5) is 5.69 Å². The molecule has 1 aromatic carbocycles. The minimum atomic E-state index is 0.685. The summed E-state index contributed by atoms with van der Waals surface area (Å²) >= 11 is 1.79. The molecule has 0 radical (unpaired) electrons. The van der Waals surface area contributed by atoms with E-state index in [1.807, 2.05) is 25.6 Å². The molecule has 1 fully saturated rings. The lowest BCUT2D eigenvalue weighted by Crippen LogP contribution is -2.18. The highest BCUT2D eigenvalue weighted by Crippen LogP contribution is 2.33. The van der Waals surface area contributed by atoms with E-state index in [1.165, 1.54) is 52.4 Å². The van der Waals surface area contributed by atoms with Crippen LogP contribution in [0.5, 0.6) is 0 Å². The van der Waals surface area contributed by atoms with Crippen molar-refractivity contribution in [3.8, 4) is 34.4 Å². The van der Waals surface area contributed by atoms with E-state index in [0.717, 1.165) is 40.3 Å². The maximum Gasteiger partial charge on any atom is 0.178 e. The molecule has 4 aromatic heterocycles. The number of likely N-dealkylation sites (tertiary alicyclic amines) is 1. The summed E-state index contributed by atoms with van der Waals surface area (Å²) in [4.78, 5) is 22.5. The van der Waals surface area contributed by atoms with E-state index in [1.54, 1.807) is 11.3 Å². The third kappa shape index (κ3) is 5.47. The summed E-state index contributed by atoms with van der Waals surface area (Å²) in [6.07, 6.45) is 17.1. The normalized spacial score (nSPS) is 13.4. The number of imidazole rings is 1. The Balaban J connectivity index is 0.00000144. The summed E-state index contributed by atoms with van der Waals surface area (Å²) in [6.45, 7) is 5.48. The number of aromatic nitrogens is 4. The van der Waals surface area contributed by atoms with Crippen molar-refractivity contribution >= 4 is 28.2 Å². The molecule has 0 saturated carbocycles. The molecule has 6 nitrogen and oxygen atoms in total. The van der Waals surface area contributed by atoms with E-state index in [0.29, 0.717) is 6.42 Å². The topological polar surface area (TPSA) is 69.7 Å². The summed E-state index contributed by atoms with van der Waals surface area (Å²) < 4.78 is 0. The average Bonchev–Trinajstić information content (AvgIpc) is 3.71. The fourth-order valence-corrected chi connectivity index (χ4v) is 6.00. The van der Waals surface area contributed by atoms with E-state index in [4.69, 9.17) is 4.98 Å². The van der Waals surface area contributed by atoms with Crippen molar-refractivity contribution in [2.24, 2.45) is 0 Å². The van der Waals surface area contributed by atoms with E-state index in [2.05, 4.69) is 87.4 Å². The Kier molecular flexibility index (Phi) is 7.83. The summed E-state index contributed by atoms with van der Waals surface area (Å²) in [5, 5.41) is 3.35. The van der Waals surface area contributed by atoms with Gasteiger partial charge >= 0.3 is 0 Å². The third-order valence-corrected chi connectivity index (χ3v) is 7.95. The highest BCUT2D eigenvalue weighted by Gasteiger charge is 2.15. The van der Waals surface area contributed by atoms with Gasteiger partial charge in [0, 0.05) is 65.2 Å². The predicted octanol–water partition coefficient (Wildman–Crippen LogP) is 6.53. The minimum absolute atomic E-state index is 0.685. The molecule has 0 atom stereocenters. The van der Waals surface area contributed by atoms with Crippen molar-refractivity contribution in [1.29, 1.82) is 0 Å². The van der Waals surface area contributed by atoms with Crippen LogP contribution >= 0.6 is 11.3 Å². The number of aromatic amines is 1. The van der Waals surface area contributed by atoms with Crippen LogP contribution < -0.4 is 5.32 Å². The molecule has 2 N–H and O–H groups in total. The van der Waals surface area contributed by atoms with Gasteiger partial charge in [0.1, 0.15) is 5.82 Å². The molecule has 5 aromatic rings. The highest BCUT2D eigenvalue weighted by atomic mass is 32.1. The van der Waals surface area contributed by atoms with Crippen LogP contribution in [0, 0.1) is 19.8 Å². The fourth-order valence-electron chi connectivity index (χ4n) is 5.10. The number of H-pyrrole nitrogens is 1. The van der Waals surface area contributed by atoms with Gasteiger partial charge in [-0.2, -0.15) is 0 Å². The smallest absolute Gasteiger partial charge is 0.178 e. The van der Waals surface area contributed by atoms with Gasteiger partial charge in [-0.05, 0) is 85.9 Å². The maximum absolute atomic E-state index is 4.84. The van der Waals surface area contributed by atoms with E-state index in [9.17, 15) is 0 Å². The Morgan fingerprint density at radius 3 is 2.63 bits per heavy atom. The molecule has 192 valence electrons. The van der Waals surface area contributed by atoms with Crippen LogP contribution in [0.2, 0.25) is 0 Å². The number of benzene rings is 1. The third-order valence-electron chi connectivity index (χ3n) is 6.91. The summed E-state index contributed by atoms with van der Waals surface area (Å²) in [5.74, 6) is 0.910. The van der Waals surface area contributed by atoms with Crippen LogP contribution in [0.25, 0.3) is 32.7 Å². The SMILES string of the molecule is C#C.CNc1ccc(-c2cncc(CN3CCCC3)c2)cc1Cc1nc2nccc(-c3ccc(C)s3)c2[nH]1. The van der Waals surface area contributed by atoms with E-state index >= 15 is 0 Å². The Morgan fingerprint density at radius 1 is 1.03 bits per heavy atom. The summed E-state index contributed by atoms with van der Waals surface area (Å²) in [5.41, 5.74) is 8.79. The van der Waals surface area contributed by atoms with Gasteiger partial charge in [0.05, 0.1) is 5.52 Å². The van der Waals surface area contributed by atoms with Crippen molar-refractivity contribution in [1.82, 2.24) is 24.8 Å². The standard InChI is InChI=1S/C29H30N6S.C2H2/c1-19-5-8-26(36-19)24-9-10-32-29-28(24)33-27(34-29)15-22-14-21(6-7-25(22)30-2)23-13-20(16-31-17-23)18-35-11-3-4-12-35;1-2/h5-10,13-14,16-17,30H,3-4,11-12,15,18H2,1-2H3,(H,32,33,34);1-2H. The van der Waals surface area contributed by atoms with Gasteiger partial charge in [-0.3, -0.25) is 9.88 Å². The number of pyridine rings is 2. The predicted molar refractivity (Wildman–Crippen MR) is 158 cm³/mol. The molecule has 0 bridgehead atoms. The fraction of sp³-hybridized carbons (Fsp3) is 0.258. The van der Waals surface area contributed by atoms with Gasteiger partial charge in [-0.1, -0.05) is 6.07 Å². The largest absolute Gasteiger partial charge is 0.388 e. The van der Waals surface area contributed by atoms with Crippen molar-refractivity contribution < 1.29 is 0 Å². The maximum atomic E-state index is 4.84. The van der Waals surface area contributed by atoms with Gasteiger partial charge in [-0.25, -0.2) is 9.97 Å². The Morgan fingerprint density at radius 2 is 1.87 bits per heavy atom. The number of thiophene rings is 1. The van der Waals surface area contributed by atoms with Gasteiger partial charge < -0.3 is 10.3 Å². The Bertz CT molecular complexity index is 1560. The molecular formula is C31H32N6S. The zero-order chi connectivity index (χ0) is 26.5. The molecule has 0 spiro atoms. The Hall–Kier alpha value is -3.99. The highest BCUT2D eigenvalue weighted by molar-refractivity contribution is 7.15. The number of terminal acetylenes is 1. The summed E-state index contributed by atoms with van der Waals surface area (Å²) in [7, 11) is 1.97. The lowest BCUT2D eigenvalue weighted by atomic mass is 10.00. The van der Waals surface area contributed by atoms with E-state index < -0.39 is 0 Å². The first-order valence-corrected chi connectivity index (χ1v) is 13.7. The number of anilines is 1.